The normalized spacial score (nSPS) is 15.5. The molecule has 0 amide bonds. The molecule has 0 bridgehead atoms. The van der Waals surface area contributed by atoms with E-state index < -0.39 is 0 Å². The lowest BCUT2D eigenvalue weighted by atomic mass is 10.2. The van der Waals surface area contributed by atoms with Gasteiger partial charge in [-0.3, -0.25) is 4.90 Å². The molecule has 3 nitrogen and oxygen atoms in total. The second kappa shape index (κ2) is 6.95. The van der Waals surface area contributed by atoms with Crippen LogP contribution < -0.4 is 5.32 Å². The highest BCUT2D eigenvalue weighted by atomic mass is 16.3. The van der Waals surface area contributed by atoms with Crippen molar-refractivity contribution in [3.8, 4) is 0 Å². The lowest BCUT2D eigenvalue weighted by molar-refractivity contribution is 0.252. The smallest absolute Gasteiger partial charge is 0.118 e. The lowest BCUT2D eigenvalue weighted by Crippen LogP contribution is -2.23. The maximum Gasteiger partial charge on any atom is 0.118 e. The summed E-state index contributed by atoms with van der Waals surface area (Å²) in [6.45, 7) is 8.62. The average Bonchev–Trinajstić information content (AvgIpc) is 3.12. The van der Waals surface area contributed by atoms with Crippen molar-refractivity contribution in [2.45, 2.75) is 58.7 Å². The van der Waals surface area contributed by atoms with Gasteiger partial charge in [0.05, 0.1) is 12.8 Å². The molecule has 3 heteroatoms. The van der Waals surface area contributed by atoms with Crippen LogP contribution in [0.4, 0.5) is 0 Å². The predicted molar refractivity (Wildman–Crippen MR) is 74.4 cm³/mol. The molecule has 1 N–H and O–H groups in total. The summed E-state index contributed by atoms with van der Waals surface area (Å²) >= 11 is 0. The van der Waals surface area contributed by atoms with Crippen LogP contribution in [0.3, 0.4) is 0 Å². The Kier molecular flexibility index (Phi) is 5.26. The summed E-state index contributed by atoms with van der Waals surface area (Å²) in [6.07, 6.45) is 7.10. The van der Waals surface area contributed by atoms with Crippen LogP contribution >= 0.6 is 0 Å². The summed E-state index contributed by atoms with van der Waals surface area (Å²) in [6, 6.07) is 2.96. The van der Waals surface area contributed by atoms with Crippen molar-refractivity contribution >= 4 is 0 Å². The highest BCUT2D eigenvalue weighted by Crippen LogP contribution is 2.20. The Morgan fingerprint density at radius 2 is 2.22 bits per heavy atom. The van der Waals surface area contributed by atoms with Gasteiger partial charge in [-0.05, 0) is 38.4 Å². The van der Waals surface area contributed by atoms with E-state index in [0.717, 1.165) is 31.4 Å². The third-order valence-corrected chi connectivity index (χ3v) is 3.53. The number of hydrogen-bond acceptors (Lipinski definition) is 3. The molecule has 0 saturated heterocycles. The summed E-state index contributed by atoms with van der Waals surface area (Å²) in [4.78, 5) is 2.44. The fourth-order valence-electron chi connectivity index (χ4n) is 2.10. The van der Waals surface area contributed by atoms with Gasteiger partial charge in [0, 0.05) is 18.2 Å². The van der Waals surface area contributed by atoms with Crippen LogP contribution in [0.25, 0.3) is 0 Å². The molecule has 0 aliphatic heterocycles. The van der Waals surface area contributed by atoms with Crippen LogP contribution in [-0.2, 0) is 13.1 Å². The molecule has 1 heterocycles. The molecule has 18 heavy (non-hydrogen) atoms. The average molecular weight is 250 g/mol. The van der Waals surface area contributed by atoms with Crippen LogP contribution in [0.15, 0.2) is 16.7 Å². The van der Waals surface area contributed by atoms with E-state index in [4.69, 9.17) is 4.42 Å². The molecule has 2 rings (SSSR count). The first-order valence-electron chi connectivity index (χ1n) is 7.33. The van der Waals surface area contributed by atoms with Gasteiger partial charge in [0.2, 0.25) is 0 Å². The summed E-state index contributed by atoms with van der Waals surface area (Å²) in [5.41, 5.74) is 1.28. The first kappa shape index (κ1) is 13.6. The Hall–Kier alpha value is -0.800. The van der Waals surface area contributed by atoms with Crippen LogP contribution in [0, 0.1) is 0 Å². The number of nitrogens with zero attached hydrogens (tertiary/aromatic N) is 1. The van der Waals surface area contributed by atoms with Crippen molar-refractivity contribution in [1.29, 1.82) is 0 Å². The maximum atomic E-state index is 5.65. The van der Waals surface area contributed by atoms with Gasteiger partial charge in [-0.25, -0.2) is 0 Å². The molecule has 1 saturated carbocycles. The molecule has 1 aromatic rings. The van der Waals surface area contributed by atoms with E-state index in [1.54, 1.807) is 0 Å². The largest absolute Gasteiger partial charge is 0.468 e. The van der Waals surface area contributed by atoms with Crippen molar-refractivity contribution in [3.05, 3.63) is 23.7 Å². The Balaban J connectivity index is 1.76. The van der Waals surface area contributed by atoms with Crippen molar-refractivity contribution in [2.75, 3.05) is 13.1 Å². The Labute approximate surface area is 111 Å². The highest BCUT2D eigenvalue weighted by molar-refractivity contribution is 5.13. The summed E-state index contributed by atoms with van der Waals surface area (Å²) in [5.74, 6) is 1.10. The monoisotopic (exact) mass is 250 g/mol. The van der Waals surface area contributed by atoms with Crippen molar-refractivity contribution < 1.29 is 4.42 Å². The summed E-state index contributed by atoms with van der Waals surface area (Å²) in [5, 5.41) is 3.51. The third-order valence-electron chi connectivity index (χ3n) is 3.53. The van der Waals surface area contributed by atoms with E-state index in [1.165, 1.54) is 37.8 Å². The maximum absolute atomic E-state index is 5.65. The molecule has 1 aliphatic rings. The summed E-state index contributed by atoms with van der Waals surface area (Å²) in [7, 11) is 0. The molecule has 1 fully saturated rings. The molecule has 0 radical (unpaired) electrons. The molecule has 102 valence electrons. The van der Waals surface area contributed by atoms with E-state index in [1.807, 2.05) is 6.26 Å². The number of unbranched alkanes of at least 4 members (excludes halogenated alkanes) is 1. The van der Waals surface area contributed by atoms with Gasteiger partial charge in [-0.1, -0.05) is 20.3 Å². The molecule has 0 aromatic carbocycles. The molecule has 0 unspecified atom stereocenters. The number of nitrogens with one attached hydrogen (secondary N) is 1. The van der Waals surface area contributed by atoms with Gasteiger partial charge in [0.15, 0.2) is 0 Å². The van der Waals surface area contributed by atoms with Gasteiger partial charge >= 0.3 is 0 Å². The lowest BCUT2D eigenvalue weighted by Gasteiger charge is -2.18. The topological polar surface area (TPSA) is 28.4 Å². The van der Waals surface area contributed by atoms with E-state index in [2.05, 4.69) is 30.1 Å². The highest BCUT2D eigenvalue weighted by Gasteiger charge is 2.20. The van der Waals surface area contributed by atoms with Gasteiger partial charge in [0.1, 0.15) is 5.76 Å². The van der Waals surface area contributed by atoms with Crippen LogP contribution in [0.1, 0.15) is 50.9 Å². The second-order valence-electron chi connectivity index (χ2n) is 5.30. The van der Waals surface area contributed by atoms with Gasteiger partial charge in [-0.2, -0.15) is 0 Å². The zero-order chi connectivity index (χ0) is 12.8. The molecular formula is C15H26N2O. The van der Waals surface area contributed by atoms with Crippen molar-refractivity contribution in [1.82, 2.24) is 10.2 Å². The zero-order valence-corrected chi connectivity index (χ0v) is 11.7. The van der Waals surface area contributed by atoms with Gasteiger partial charge in [-0.15, -0.1) is 0 Å². The van der Waals surface area contributed by atoms with Crippen LogP contribution in [-0.4, -0.2) is 24.0 Å². The van der Waals surface area contributed by atoms with E-state index >= 15 is 0 Å². The first-order chi connectivity index (χ1) is 8.81. The molecule has 1 aliphatic carbocycles. The fourth-order valence-corrected chi connectivity index (χ4v) is 2.10. The van der Waals surface area contributed by atoms with Gasteiger partial charge in [0.25, 0.3) is 0 Å². The molecular weight excluding hydrogens is 224 g/mol. The fraction of sp³-hybridized carbons (Fsp3) is 0.733. The molecule has 0 spiro atoms. The SMILES string of the molecule is CCCCN(CC)Cc1cc(CNC2CC2)co1. The minimum absolute atomic E-state index is 0.764. The molecule has 1 aromatic heterocycles. The number of furan rings is 1. The minimum atomic E-state index is 0.764. The predicted octanol–water partition coefficient (Wildman–Crippen LogP) is 3.15. The van der Waals surface area contributed by atoms with Crippen LogP contribution in [0.5, 0.6) is 0 Å². The van der Waals surface area contributed by atoms with E-state index in [-0.39, 0.29) is 0 Å². The van der Waals surface area contributed by atoms with E-state index in [0.29, 0.717) is 0 Å². The zero-order valence-electron chi connectivity index (χ0n) is 11.7. The Morgan fingerprint density at radius 1 is 1.39 bits per heavy atom. The third kappa shape index (κ3) is 4.46. The summed E-state index contributed by atoms with van der Waals surface area (Å²) < 4.78 is 5.65. The van der Waals surface area contributed by atoms with Gasteiger partial charge < -0.3 is 9.73 Å². The van der Waals surface area contributed by atoms with Crippen molar-refractivity contribution in [3.63, 3.8) is 0 Å². The quantitative estimate of drug-likeness (QED) is 0.730. The Bertz CT molecular complexity index is 344. The van der Waals surface area contributed by atoms with E-state index in [9.17, 15) is 0 Å². The standard InChI is InChI=1S/C15H26N2O/c1-3-5-8-17(4-2)11-15-9-13(12-18-15)10-16-14-6-7-14/h9,12,14,16H,3-8,10-11H2,1-2H3. The second-order valence-corrected chi connectivity index (χ2v) is 5.30. The Morgan fingerprint density at radius 3 is 2.89 bits per heavy atom. The minimum Gasteiger partial charge on any atom is -0.468 e. The number of hydrogen-bond donors (Lipinski definition) is 1. The van der Waals surface area contributed by atoms with Crippen molar-refractivity contribution in [2.24, 2.45) is 0 Å². The van der Waals surface area contributed by atoms with Crippen LogP contribution in [0.2, 0.25) is 0 Å². The molecule has 0 atom stereocenters. The first-order valence-corrected chi connectivity index (χ1v) is 7.33. The number of rotatable bonds is 9.